The molecule has 0 radical (unpaired) electrons. The molecule has 1 aliphatic rings. The molecule has 0 saturated carbocycles. The fourth-order valence-corrected chi connectivity index (χ4v) is 6.28. The van der Waals surface area contributed by atoms with Crippen LogP contribution >= 0.6 is 11.3 Å². The number of ether oxygens (including phenoxy) is 3. The SMILES string of the molecule is CCCCOc1cccc(C(O)=C2C(=O)C(=O)N(c3nc4ccc(F)cc4s3)C2c2ccc(OCc3ccccc3)c(OC)c2)c1. The second-order valence-electron chi connectivity index (χ2n) is 10.7. The van der Waals surface area contributed by atoms with Crippen LogP contribution in [0.4, 0.5) is 9.52 Å². The summed E-state index contributed by atoms with van der Waals surface area (Å²) in [6.45, 7) is 2.86. The van der Waals surface area contributed by atoms with E-state index in [-0.39, 0.29) is 16.5 Å². The number of anilines is 1. The number of aromatic nitrogens is 1. The van der Waals surface area contributed by atoms with Gasteiger partial charge in [-0.25, -0.2) is 9.37 Å². The molecule has 0 spiro atoms. The van der Waals surface area contributed by atoms with Gasteiger partial charge in [0.1, 0.15) is 23.9 Å². The van der Waals surface area contributed by atoms with E-state index >= 15 is 0 Å². The fourth-order valence-electron chi connectivity index (χ4n) is 5.27. The maximum Gasteiger partial charge on any atom is 0.301 e. The Kier molecular flexibility index (Phi) is 8.98. The quantitative estimate of drug-likeness (QED) is 0.0682. The lowest BCUT2D eigenvalue weighted by atomic mass is 9.95. The van der Waals surface area contributed by atoms with Crippen molar-refractivity contribution in [1.29, 1.82) is 0 Å². The second-order valence-corrected chi connectivity index (χ2v) is 11.7. The number of fused-ring (bicyclic) bond motifs is 1. The number of Topliss-reactive ketones (excluding diaryl/α,β-unsaturated/α-hetero) is 1. The van der Waals surface area contributed by atoms with E-state index in [2.05, 4.69) is 11.9 Å². The molecule has 6 rings (SSSR count). The minimum atomic E-state index is -1.08. The third-order valence-electron chi connectivity index (χ3n) is 7.60. The number of hydrogen-bond acceptors (Lipinski definition) is 8. The maximum atomic E-state index is 14.0. The van der Waals surface area contributed by atoms with Gasteiger partial charge in [-0.15, -0.1) is 0 Å². The van der Waals surface area contributed by atoms with Gasteiger partial charge in [-0.1, -0.05) is 73.2 Å². The van der Waals surface area contributed by atoms with Crippen molar-refractivity contribution in [2.45, 2.75) is 32.4 Å². The molecule has 10 heteroatoms. The number of nitrogens with zero attached hydrogens (tertiary/aromatic N) is 2. The molecule has 1 aromatic heterocycles. The van der Waals surface area contributed by atoms with E-state index in [4.69, 9.17) is 14.2 Å². The van der Waals surface area contributed by atoms with Crippen LogP contribution in [-0.2, 0) is 16.2 Å². The first-order chi connectivity index (χ1) is 22.4. The lowest BCUT2D eigenvalue weighted by Crippen LogP contribution is -2.29. The maximum absolute atomic E-state index is 14.0. The van der Waals surface area contributed by atoms with Gasteiger partial charge in [0.25, 0.3) is 5.78 Å². The summed E-state index contributed by atoms with van der Waals surface area (Å²) in [5, 5.41) is 11.9. The molecule has 1 saturated heterocycles. The number of benzene rings is 4. The van der Waals surface area contributed by atoms with Gasteiger partial charge in [0.2, 0.25) is 0 Å². The largest absolute Gasteiger partial charge is 0.507 e. The molecule has 234 valence electrons. The number of amides is 1. The Labute approximate surface area is 269 Å². The Morgan fingerprint density at radius 1 is 0.957 bits per heavy atom. The molecule has 1 atom stereocenters. The van der Waals surface area contributed by atoms with Crippen molar-refractivity contribution in [3.63, 3.8) is 0 Å². The molecule has 46 heavy (non-hydrogen) atoms. The standard InChI is InChI=1S/C36H31FN2O6S/c1-3-4-17-44-26-12-8-11-24(18-26)33(40)31-32(23-13-16-28(29(19-23)43-2)45-21-22-9-6-5-7-10-22)39(35(42)34(31)41)36-38-27-15-14-25(37)20-30(27)46-36/h5-16,18-20,32,40H,3-4,17,21H2,1-2H3. The van der Waals surface area contributed by atoms with Gasteiger partial charge in [0.05, 0.1) is 35.5 Å². The van der Waals surface area contributed by atoms with Crippen molar-refractivity contribution in [3.05, 3.63) is 119 Å². The van der Waals surface area contributed by atoms with Gasteiger partial charge in [-0.2, -0.15) is 0 Å². The molecule has 1 fully saturated rings. The van der Waals surface area contributed by atoms with Gasteiger partial charge in [0, 0.05) is 5.56 Å². The number of hydrogen-bond donors (Lipinski definition) is 1. The van der Waals surface area contributed by atoms with Gasteiger partial charge < -0.3 is 19.3 Å². The van der Waals surface area contributed by atoms with E-state index in [9.17, 15) is 19.1 Å². The molecule has 5 aromatic rings. The average Bonchev–Trinajstić information content (AvgIpc) is 3.61. The van der Waals surface area contributed by atoms with E-state index in [0.29, 0.717) is 51.8 Å². The molecular weight excluding hydrogens is 607 g/mol. The highest BCUT2D eigenvalue weighted by Crippen LogP contribution is 2.46. The zero-order valence-electron chi connectivity index (χ0n) is 25.2. The summed E-state index contributed by atoms with van der Waals surface area (Å²) < 4.78 is 32.1. The molecule has 8 nitrogen and oxygen atoms in total. The summed E-state index contributed by atoms with van der Waals surface area (Å²) >= 11 is 1.08. The van der Waals surface area contributed by atoms with E-state index in [1.54, 1.807) is 42.5 Å². The number of aliphatic hydroxyl groups is 1. The average molecular weight is 639 g/mol. The normalized spacial score (nSPS) is 15.8. The molecule has 1 amide bonds. The Morgan fingerprint density at radius 3 is 2.57 bits per heavy atom. The van der Waals surface area contributed by atoms with Crippen molar-refractivity contribution < 1.29 is 33.3 Å². The van der Waals surface area contributed by atoms with E-state index in [1.165, 1.54) is 30.2 Å². The predicted octanol–water partition coefficient (Wildman–Crippen LogP) is 7.83. The second kappa shape index (κ2) is 13.4. The predicted molar refractivity (Wildman–Crippen MR) is 175 cm³/mol. The number of rotatable bonds is 11. The Hall–Kier alpha value is -5.22. The fraction of sp³-hybridized carbons (Fsp3) is 0.194. The molecule has 1 unspecified atom stereocenters. The van der Waals surface area contributed by atoms with Crippen LogP contribution in [0.15, 0.2) is 96.6 Å². The van der Waals surface area contributed by atoms with E-state index in [1.807, 2.05) is 30.3 Å². The zero-order chi connectivity index (χ0) is 32.2. The highest BCUT2D eigenvalue weighted by molar-refractivity contribution is 7.22. The molecule has 4 aromatic carbocycles. The first kappa shape index (κ1) is 30.8. The number of halogens is 1. The number of unbranched alkanes of at least 4 members (excludes halogenated alkanes) is 1. The van der Waals surface area contributed by atoms with Crippen molar-refractivity contribution in [2.24, 2.45) is 0 Å². The van der Waals surface area contributed by atoms with Crippen molar-refractivity contribution in [3.8, 4) is 17.2 Å². The number of thiazole rings is 1. The molecule has 2 heterocycles. The summed E-state index contributed by atoms with van der Waals surface area (Å²) in [5.41, 5.74) is 2.11. The topological polar surface area (TPSA) is 98.2 Å². The summed E-state index contributed by atoms with van der Waals surface area (Å²) in [6.07, 6.45) is 1.82. The van der Waals surface area contributed by atoms with Crippen LogP contribution < -0.4 is 19.1 Å². The molecule has 1 N–H and O–H groups in total. The molecule has 1 aliphatic heterocycles. The zero-order valence-corrected chi connectivity index (χ0v) is 26.1. The third kappa shape index (κ3) is 6.16. The number of carbonyl (C=O) groups excluding carboxylic acids is 2. The highest BCUT2D eigenvalue weighted by Gasteiger charge is 2.48. The van der Waals surface area contributed by atoms with Crippen LogP contribution in [0.25, 0.3) is 16.0 Å². The Balaban J connectivity index is 1.45. The van der Waals surface area contributed by atoms with E-state index in [0.717, 1.165) is 29.7 Å². The summed E-state index contributed by atoms with van der Waals surface area (Å²) in [6, 6.07) is 24.6. The smallest absolute Gasteiger partial charge is 0.301 e. The van der Waals surface area contributed by atoms with Crippen LogP contribution in [0.3, 0.4) is 0 Å². The lowest BCUT2D eigenvalue weighted by Gasteiger charge is -2.24. The number of ketones is 1. The highest BCUT2D eigenvalue weighted by atomic mass is 32.1. The minimum Gasteiger partial charge on any atom is -0.507 e. The van der Waals surface area contributed by atoms with Gasteiger partial charge in [-0.3, -0.25) is 14.5 Å². The van der Waals surface area contributed by atoms with Crippen molar-refractivity contribution in [1.82, 2.24) is 4.98 Å². The van der Waals surface area contributed by atoms with Gasteiger partial charge >= 0.3 is 5.91 Å². The monoisotopic (exact) mass is 638 g/mol. The molecule has 0 bridgehead atoms. The third-order valence-corrected chi connectivity index (χ3v) is 8.62. The summed E-state index contributed by atoms with van der Waals surface area (Å²) in [5.74, 6) is -1.20. The minimum absolute atomic E-state index is 0.124. The summed E-state index contributed by atoms with van der Waals surface area (Å²) in [4.78, 5) is 33.3. The van der Waals surface area contributed by atoms with E-state index < -0.39 is 23.5 Å². The van der Waals surface area contributed by atoms with Gasteiger partial charge in [-0.05, 0) is 60.0 Å². The van der Waals surface area contributed by atoms with Crippen LogP contribution in [0, 0.1) is 5.82 Å². The van der Waals surface area contributed by atoms with Crippen LogP contribution in [0.5, 0.6) is 17.2 Å². The Morgan fingerprint density at radius 2 is 1.78 bits per heavy atom. The lowest BCUT2D eigenvalue weighted by molar-refractivity contribution is -0.132. The van der Waals surface area contributed by atoms with Crippen LogP contribution in [0.1, 0.15) is 42.5 Å². The van der Waals surface area contributed by atoms with Gasteiger partial charge in [0.15, 0.2) is 16.6 Å². The number of methoxy groups -OCH3 is 1. The van der Waals surface area contributed by atoms with Crippen molar-refractivity contribution >= 4 is 44.1 Å². The van der Waals surface area contributed by atoms with Crippen LogP contribution in [0.2, 0.25) is 0 Å². The number of carbonyl (C=O) groups is 2. The Bertz CT molecular complexity index is 1940. The number of aliphatic hydroxyl groups excluding tert-OH is 1. The first-order valence-corrected chi connectivity index (χ1v) is 15.6. The summed E-state index contributed by atoms with van der Waals surface area (Å²) in [7, 11) is 1.50. The van der Waals surface area contributed by atoms with Crippen LogP contribution in [-0.4, -0.2) is 35.5 Å². The molecular formula is C36H31FN2O6S. The van der Waals surface area contributed by atoms with Crippen molar-refractivity contribution in [2.75, 3.05) is 18.6 Å². The molecule has 0 aliphatic carbocycles. The first-order valence-electron chi connectivity index (χ1n) is 14.8.